The monoisotopic (exact) mass is 338 g/mol. The van der Waals surface area contributed by atoms with E-state index in [0.717, 1.165) is 0 Å². The van der Waals surface area contributed by atoms with E-state index < -0.39 is 6.03 Å². The number of phenolic OH excluding ortho intramolecular Hbond substituents is 1. The number of amides is 3. The van der Waals surface area contributed by atoms with Crippen molar-refractivity contribution in [3.05, 3.63) is 48.0 Å². The van der Waals surface area contributed by atoms with E-state index in [-0.39, 0.29) is 23.3 Å². The number of carbonyl (C=O) groups excluding carboxylic acids is 2. The number of nitrogens with one attached hydrogen (secondary N) is 3. The molecule has 0 heterocycles. The zero-order valence-electron chi connectivity index (χ0n) is 13.8. The summed E-state index contributed by atoms with van der Waals surface area (Å²) in [4.78, 5) is 23.6. The number of benzene rings is 2. The molecule has 128 valence electrons. The van der Waals surface area contributed by atoms with Crippen molar-refractivity contribution in [3.8, 4) is 11.8 Å². The fraction of sp³-hybridized carbons (Fsp3) is 0.167. The molecule has 0 aromatic heterocycles. The molecule has 0 aliphatic rings. The summed E-state index contributed by atoms with van der Waals surface area (Å²) in [7, 11) is 0. The molecule has 3 amide bonds. The smallest absolute Gasteiger partial charge is 0.323 e. The van der Waals surface area contributed by atoms with E-state index in [0.29, 0.717) is 16.9 Å². The Bertz CT molecular complexity index is 823. The predicted octanol–water partition coefficient (Wildman–Crippen LogP) is 3.50. The van der Waals surface area contributed by atoms with Gasteiger partial charge in [0.05, 0.1) is 17.3 Å². The lowest BCUT2D eigenvalue weighted by atomic mass is 10.2. The number of nitrogens with zero attached hydrogens (tertiary/aromatic N) is 1. The molecule has 0 aliphatic heterocycles. The van der Waals surface area contributed by atoms with E-state index in [2.05, 4.69) is 16.0 Å². The van der Waals surface area contributed by atoms with Crippen LogP contribution >= 0.6 is 0 Å². The van der Waals surface area contributed by atoms with Crippen LogP contribution < -0.4 is 16.0 Å². The summed E-state index contributed by atoms with van der Waals surface area (Å²) in [5.74, 6) is -0.520. The number of anilines is 3. The Kier molecular flexibility index (Phi) is 5.58. The van der Waals surface area contributed by atoms with Crippen LogP contribution in [0.1, 0.15) is 19.4 Å². The summed E-state index contributed by atoms with van der Waals surface area (Å²) < 4.78 is 0. The van der Waals surface area contributed by atoms with Crippen molar-refractivity contribution in [2.75, 3.05) is 16.0 Å². The average Bonchev–Trinajstić information content (AvgIpc) is 2.58. The largest absolute Gasteiger partial charge is 0.506 e. The van der Waals surface area contributed by atoms with Crippen molar-refractivity contribution in [1.29, 1.82) is 5.26 Å². The van der Waals surface area contributed by atoms with Crippen LogP contribution in [-0.4, -0.2) is 17.0 Å². The second-order valence-corrected chi connectivity index (χ2v) is 5.64. The lowest BCUT2D eigenvalue weighted by molar-refractivity contribution is -0.118. The molecule has 0 radical (unpaired) electrons. The highest BCUT2D eigenvalue weighted by molar-refractivity contribution is 6.01. The summed E-state index contributed by atoms with van der Waals surface area (Å²) >= 11 is 0. The van der Waals surface area contributed by atoms with Gasteiger partial charge in [-0.15, -0.1) is 0 Å². The summed E-state index contributed by atoms with van der Waals surface area (Å²) in [5.41, 5.74) is 1.64. The molecule has 0 aliphatic carbocycles. The maximum Gasteiger partial charge on any atom is 0.323 e. The topological polar surface area (TPSA) is 114 Å². The summed E-state index contributed by atoms with van der Waals surface area (Å²) in [6.45, 7) is 3.53. The second-order valence-electron chi connectivity index (χ2n) is 5.64. The summed E-state index contributed by atoms with van der Waals surface area (Å²) in [6.07, 6.45) is 0. The van der Waals surface area contributed by atoms with Gasteiger partial charge in [-0.05, 0) is 36.4 Å². The Balaban J connectivity index is 2.00. The van der Waals surface area contributed by atoms with Gasteiger partial charge in [0.1, 0.15) is 5.75 Å². The first-order valence-corrected chi connectivity index (χ1v) is 7.61. The molecule has 2 aromatic carbocycles. The van der Waals surface area contributed by atoms with E-state index in [4.69, 9.17) is 5.26 Å². The summed E-state index contributed by atoms with van der Waals surface area (Å²) in [5, 5.41) is 26.5. The number of urea groups is 1. The van der Waals surface area contributed by atoms with Crippen molar-refractivity contribution in [2.45, 2.75) is 13.8 Å². The molecule has 0 atom stereocenters. The number of hydrogen-bond donors (Lipinski definition) is 4. The zero-order valence-corrected chi connectivity index (χ0v) is 13.8. The molecule has 0 unspecified atom stereocenters. The molecule has 4 N–H and O–H groups in total. The van der Waals surface area contributed by atoms with Crippen LogP contribution in [0.25, 0.3) is 0 Å². The van der Waals surface area contributed by atoms with Gasteiger partial charge in [-0.25, -0.2) is 4.79 Å². The van der Waals surface area contributed by atoms with Crippen LogP contribution in [-0.2, 0) is 4.79 Å². The molecular weight excluding hydrogens is 320 g/mol. The Morgan fingerprint density at radius 1 is 1.00 bits per heavy atom. The molecule has 2 rings (SSSR count). The second kappa shape index (κ2) is 7.84. The van der Waals surface area contributed by atoms with Gasteiger partial charge >= 0.3 is 6.03 Å². The van der Waals surface area contributed by atoms with E-state index in [9.17, 15) is 14.7 Å². The van der Waals surface area contributed by atoms with E-state index in [1.54, 1.807) is 44.2 Å². The number of hydrogen-bond acceptors (Lipinski definition) is 4. The number of aromatic hydroxyl groups is 1. The molecular formula is C18H18N4O3. The highest BCUT2D eigenvalue weighted by Crippen LogP contribution is 2.27. The minimum atomic E-state index is -0.543. The van der Waals surface area contributed by atoms with Crippen LogP contribution in [0.15, 0.2) is 42.5 Å². The van der Waals surface area contributed by atoms with Crippen molar-refractivity contribution >= 4 is 29.0 Å². The molecule has 0 spiro atoms. The van der Waals surface area contributed by atoms with Crippen LogP contribution in [0, 0.1) is 17.2 Å². The Morgan fingerprint density at radius 2 is 1.64 bits per heavy atom. The van der Waals surface area contributed by atoms with Crippen LogP contribution in [0.5, 0.6) is 5.75 Å². The minimum Gasteiger partial charge on any atom is -0.506 e. The molecule has 0 saturated heterocycles. The quantitative estimate of drug-likeness (QED) is 0.639. The molecule has 25 heavy (non-hydrogen) atoms. The molecule has 0 fully saturated rings. The van der Waals surface area contributed by atoms with Gasteiger partial charge < -0.3 is 21.1 Å². The fourth-order valence-corrected chi connectivity index (χ4v) is 1.91. The third-order valence-electron chi connectivity index (χ3n) is 3.31. The standard InChI is InChI=1S/C18H18N4O3/c1-11(2)17(24)20-14-7-8-15(16(23)9-14)22-18(25)21-13-5-3-12(10-19)4-6-13/h3-9,11,23H,1-2H3,(H,20,24)(H2,21,22,25). The first-order valence-electron chi connectivity index (χ1n) is 7.61. The van der Waals surface area contributed by atoms with Crippen LogP contribution in [0.2, 0.25) is 0 Å². The highest BCUT2D eigenvalue weighted by Gasteiger charge is 2.11. The van der Waals surface area contributed by atoms with Gasteiger partial charge in [0, 0.05) is 23.4 Å². The first kappa shape index (κ1) is 17.8. The van der Waals surface area contributed by atoms with Crippen molar-refractivity contribution in [3.63, 3.8) is 0 Å². The minimum absolute atomic E-state index is 0.168. The van der Waals surface area contributed by atoms with Crippen molar-refractivity contribution < 1.29 is 14.7 Å². The fourth-order valence-electron chi connectivity index (χ4n) is 1.91. The van der Waals surface area contributed by atoms with Crippen molar-refractivity contribution in [2.24, 2.45) is 5.92 Å². The lowest BCUT2D eigenvalue weighted by Gasteiger charge is -2.12. The van der Waals surface area contributed by atoms with E-state index >= 15 is 0 Å². The molecule has 0 saturated carbocycles. The van der Waals surface area contributed by atoms with Crippen LogP contribution in [0.4, 0.5) is 21.9 Å². The third-order valence-corrected chi connectivity index (χ3v) is 3.31. The number of carbonyl (C=O) groups is 2. The van der Waals surface area contributed by atoms with Crippen molar-refractivity contribution in [1.82, 2.24) is 0 Å². The van der Waals surface area contributed by atoms with Crippen LogP contribution in [0.3, 0.4) is 0 Å². The average molecular weight is 338 g/mol. The normalized spacial score (nSPS) is 10.0. The molecule has 7 nitrogen and oxygen atoms in total. The summed E-state index contributed by atoms with van der Waals surface area (Å²) in [6, 6.07) is 12.2. The van der Waals surface area contributed by atoms with Gasteiger partial charge in [0.2, 0.25) is 5.91 Å². The molecule has 7 heteroatoms. The Morgan fingerprint density at radius 3 is 2.20 bits per heavy atom. The number of nitriles is 1. The number of rotatable bonds is 4. The highest BCUT2D eigenvalue weighted by atomic mass is 16.3. The predicted molar refractivity (Wildman–Crippen MR) is 95.4 cm³/mol. The molecule has 2 aromatic rings. The lowest BCUT2D eigenvalue weighted by Crippen LogP contribution is -2.20. The van der Waals surface area contributed by atoms with E-state index in [1.807, 2.05) is 6.07 Å². The Labute approximate surface area is 145 Å². The number of phenols is 1. The van der Waals surface area contributed by atoms with E-state index in [1.165, 1.54) is 12.1 Å². The molecule has 0 bridgehead atoms. The van der Waals surface area contributed by atoms with Gasteiger partial charge in [-0.1, -0.05) is 13.8 Å². The first-order chi connectivity index (χ1) is 11.9. The third kappa shape index (κ3) is 4.97. The Hall–Kier alpha value is -3.53. The SMILES string of the molecule is CC(C)C(=O)Nc1ccc(NC(=O)Nc2ccc(C#N)cc2)c(O)c1. The van der Waals surface area contributed by atoms with Gasteiger partial charge in [0.25, 0.3) is 0 Å². The van der Waals surface area contributed by atoms with Gasteiger partial charge in [-0.2, -0.15) is 5.26 Å². The van der Waals surface area contributed by atoms with Gasteiger partial charge in [0.15, 0.2) is 0 Å². The maximum atomic E-state index is 12.0. The zero-order chi connectivity index (χ0) is 18.4. The maximum absolute atomic E-state index is 12.0. The van der Waals surface area contributed by atoms with Gasteiger partial charge in [-0.3, -0.25) is 4.79 Å².